The second-order valence-corrected chi connectivity index (χ2v) is 9.38. The molecule has 1 heterocycles. The summed E-state index contributed by atoms with van der Waals surface area (Å²) < 4.78 is 0. The third-order valence-electron chi connectivity index (χ3n) is 6.83. The molecule has 0 aromatic heterocycles. The zero-order valence-corrected chi connectivity index (χ0v) is 19.6. The molecule has 4 nitrogen and oxygen atoms in total. The quantitative estimate of drug-likeness (QED) is 0.394. The van der Waals surface area contributed by atoms with Crippen LogP contribution in [0.25, 0.3) is 0 Å². The second kappa shape index (κ2) is 9.68. The van der Waals surface area contributed by atoms with E-state index in [1.807, 2.05) is 61.5 Å². The summed E-state index contributed by atoms with van der Waals surface area (Å²) in [4.78, 5) is 31.5. The van der Waals surface area contributed by atoms with Crippen LogP contribution in [0.15, 0.2) is 96.3 Å². The Morgan fingerprint density at radius 3 is 1.74 bits per heavy atom. The predicted molar refractivity (Wildman–Crippen MR) is 134 cm³/mol. The first kappa shape index (κ1) is 22.1. The number of benzene rings is 3. The minimum Gasteiger partial charge on any atom is -0.351 e. The number of rotatable bonds is 5. The van der Waals surface area contributed by atoms with Gasteiger partial charge < -0.3 is 9.80 Å². The molecule has 0 unspecified atom stereocenters. The summed E-state index contributed by atoms with van der Waals surface area (Å²) >= 11 is 0. The van der Waals surface area contributed by atoms with Gasteiger partial charge in [-0.3, -0.25) is 9.59 Å². The minimum atomic E-state index is -0.0456. The van der Waals surface area contributed by atoms with E-state index >= 15 is 0 Å². The molecule has 172 valence electrons. The number of hydrogen-bond acceptors (Lipinski definition) is 4. The molecule has 3 aromatic rings. The Labute approximate surface area is 201 Å². The van der Waals surface area contributed by atoms with E-state index in [0.717, 1.165) is 30.0 Å². The van der Waals surface area contributed by atoms with Gasteiger partial charge in [-0.1, -0.05) is 90.5 Å². The Morgan fingerprint density at radius 2 is 1.24 bits per heavy atom. The Kier molecular flexibility index (Phi) is 6.31. The maximum atomic E-state index is 13.5. The number of carbonyl (C=O) groups is 2. The molecular formula is C30H30N2O2. The Balaban J connectivity index is 1.48. The van der Waals surface area contributed by atoms with E-state index in [4.69, 9.17) is 0 Å². The lowest BCUT2D eigenvalue weighted by Gasteiger charge is -2.30. The molecule has 1 saturated carbocycles. The van der Waals surface area contributed by atoms with Gasteiger partial charge in [0, 0.05) is 39.0 Å². The lowest BCUT2D eigenvalue weighted by Crippen LogP contribution is -2.33. The number of hydrogen-bond donors (Lipinski definition) is 0. The highest BCUT2D eigenvalue weighted by molar-refractivity contribution is 6.22. The zero-order chi connectivity index (χ0) is 23.5. The van der Waals surface area contributed by atoms with Crippen LogP contribution in [0.5, 0.6) is 0 Å². The first-order valence-electron chi connectivity index (χ1n) is 12.0. The topological polar surface area (TPSA) is 40.6 Å². The number of aryl methyl sites for hydroxylation is 1. The van der Waals surface area contributed by atoms with Gasteiger partial charge in [0.25, 0.3) is 0 Å². The predicted octanol–water partition coefficient (Wildman–Crippen LogP) is 5.24. The van der Waals surface area contributed by atoms with Gasteiger partial charge in [-0.25, -0.2) is 0 Å². The van der Waals surface area contributed by atoms with E-state index in [2.05, 4.69) is 40.1 Å². The molecule has 2 aliphatic rings. The molecule has 34 heavy (non-hydrogen) atoms. The fraction of sp³-hybridized carbons (Fsp3) is 0.267. The summed E-state index contributed by atoms with van der Waals surface area (Å²) in [6, 6.07) is 28.7. The molecule has 1 aliphatic heterocycles. The standard InChI is InChI=1S/C30H30N2O2/c1-22-9-8-14-25(17-22)26-18-27(33)29(28(34)19-26)30-31(20-23-10-4-2-5-11-23)15-16-32(30)21-24-12-6-3-7-13-24/h2-14,17,26H,15-16,18-21H2,1H3. The van der Waals surface area contributed by atoms with Gasteiger partial charge in [-0.2, -0.15) is 0 Å². The molecule has 2 fully saturated rings. The van der Waals surface area contributed by atoms with E-state index in [1.165, 1.54) is 11.1 Å². The molecule has 1 aliphatic carbocycles. The highest BCUT2D eigenvalue weighted by Crippen LogP contribution is 2.36. The smallest absolute Gasteiger partial charge is 0.170 e. The van der Waals surface area contributed by atoms with Crippen molar-refractivity contribution < 1.29 is 9.59 Å². The fourth-order valence-corrected chi connectivity index (χ4v) is 5.17. The first-order valence-corrected chi connectivity index (χ1v) is 12.0. The maximum absolute atomic E-state index is 13.5. The van der Waals surface area contributed by atoms with Gasteiger partial charge in [0.1, 0.15) is 11.4 Å². The highest BCUT2D eigenvalue weighted by atomic mass is 16.2. The summed E-state index contributed by atoms with van der Waals surface area (Å²) in [5, 5.41) is 0. The van der Waals surface area contributed by atoms with Crippen LogP contribution in [-0.2, 0) is 22.7 Å². The van der Waals surface area contributed by atoms with Crippen molar-refractivity contribution >= 4 is 11.6 Å². The van der Waals surface area contributed by atoms with Crippen molar-refractivity contribution in [3.63, 3.8) is 0 Å². The number of nitrogens with zero attached hydrogens (tertiary/aromatic N) is 2. The SMILES string of the molecule is Cc1cccc(C2CC(=O)C(=C3N(Cc4ccccc4)CCN3Cc3ccccc3)C(=O)C2)c1. The number of ketones is 2. The van der Waals surface area contributed by atoms with E-state index in [-0.39, 0.29) is 17.5 Å². The molecule has 4 heteroatoms. The molecule has 5 rings (SSSR count). The van der Waals surface area contributed by atoms with Crippen LogP contribution in [0, 0.1) is 6.92 Å². The highest BCUT2D eigenvalue weighted by Gasteiger charge is 2.38. The fourth-order valence-electron chi connectivity index (χ4n) is 5.17. The summed E-state index contributed by atoms with van der Waals surface area (Å²) in [7, 11) is 0. The van der Waals surface area contributed by atoms with Crippen LogP contribution in [-0.4, -0.2) is 34.5 Å². The molecule has 3 aromatic carbocycles. The third kappa shape index (κ3) is 4.67. The monoisotopic (exact) mass is 450 g/mol. The van der Waals surface area contributed by atoms with Gasteiger partial charge in [-0.05, 0) is 29.5 Å². The van der Waals surface area contributed by atoms with Gasteiger partial charge >= 0.3 is 0 Å². The molecule has 0 bridgehead atoms. The molecule has 1 saturated heterocycles. The number of Topliss-reactive ketones (excluding diaryl/α,β-unsaturated/α-hetero) is 2. The largest absolute Gasteiger partial charge is 0.351 e. The van der Waals surface area contributed by atoms with Gasteiger partial charge in [-0.15, -0.1) is 0 Å². The van der Waals surface area contributed by atoms with Crippen LogP contribution in [0.4, 0.5) is 0 Å². The molecule has 0 atom stereocenters. The zero-order valence-electron chi connectivity index (χ0n) is 19.6. The van der Waals surface area contributed by atoms with Crippen LogP contribution in [0.2, 0.25) is 0 Å². The summed E-state index contributed by atoms with van der Waals surface area (Å²) in [6.07, 6.45) is 0.763. The average molecular weight is 451 g/mol. The van der Waals surface area contributed by atoms with E-state index < -0.39 is 0 Å². The van der Waals surface area contributed by atoms with Crippen molar-refractivity contribution in [3.8, 4) is 0 Å². The number of allylic oxidation sites excluding steroid dienone is 1. The molecular weight excluding hydrogens is 420 g/mol. The summed E-state index contributed by atoms with van der Waals surface area (Å²) in [6.45, 7) is 5.01. The molecule has 0 N–H and O–H groups in total. The lowest BCUT2D eigenvalue weighted by atomic mass is 9.79. The molecule has 0 spiro atoms. The Morgan fingerprint density at radius 1 is 0.706 bits per heavy atom. The minimum absolute atomic E-state index is 0.0317. The van der Waals surface area contributed by atoms with Crippen LogP contribution < -0.4 is 0 Å². The second-order valence-electron chi connectivity index (χ2n) is 9.38. The van der Waals surface area contributed by atoms with Crippen molar-refractivity contribution in [3.05, 3.63) is 119 Å². The average Bonchev–Trinajstić information content (AvgIpc) is 3.21. The van der Waals surface area contributed by atoms with Crippen LogP contribution >= 0.6 is 0 Å². The van der Waals surface area contributed by atoms with Crippen molar-refractivity contribution in [2.24, 2.45) is 0 Å². The Bertz CT molecular complexity index is 1150. The summed E-state index contributed by atoms with van der Waals surface area (Å²) in [5.41, 5.74) is 4.99. The van der Waals surface area contributed by atoms with Crippen LogP contribution in [0.1, 0.15) is 41.0 Å². The van der Waals surface area contributed by atoms with Crippen LogP contribution in [0.3, 0.4) is 0 Å². The maximum Gasteiger partial charge on any atom is 0.170 e. The third-order valence-corrected chi connectivity index (χ3v) is 6.83. The van der Waals surface area contributed by atoms with Gasteiger partial charge in [0.2, 0.25) is 0 Å². The van der Waals surface area contributed by atoms with Gasteiger partial charge in [0.15, 0.2) is 11.6 Å². The van der Waals surface area contributed by atoms with Gasteiger partial charge in [0.05, 0.1) is 0 Å². The van der Waals surface area contributed by atoms with Crippen molar-refractivity contribution in [1.29, 1.82) is 0 Å². The van der Waals surface area contributed by atoms with E-state index in [9.17, 15) is 9.59 Å². The van der Waals surface area contributed by atoms with E-state index in [1.54, 1.807) is 0 Å². The first-order chi connectivity index (χ1) is 16.6. The molecule has 0 amide bonds. The molecule has 0 radical (unpaired) electrons. The van der Waals surface area contributed by atoms with Crippen molar-refractivity contribution in [2.75, 3.05) is 13.1 Å². The van der Waals surface area contributed by atoms with Crippen molar-refractivity contribution in [2.45, 2.75) is 38.8 Å². The van der Waals surface area contributed by atoms with Crippen molar-refractivity contribution in [1.82, 2.24) is 9.80 Å². The van der Waals surface area contributed by atoms with E-state index in [0.29, 0.717) is 31.5 Å². The lowest BCUT2D eigenvalue weighted by molar-refractivity contribution is -0.124. The number of carbonyl (C=O) groups excluding carboxylic acids is 2. The normalized spacial score (nSPS) is 18.7. The summed E-state index contributed by atoms with van der Waals surface area (Å²) in [5.74, 6) is 0.702. The Hall–Kier alpha value is -3.66.